The lowest BCUT2D eigenvalue weighted by atomic mass is 9.89. The van der Waals surface area contributed by atoms with Gasteiger partial charge in [0.1, 0.15) is 17.6 Å². The summed E-state index contributed by atoms with van der Waals surface area (Å²) >= 11 is 0. The molecule has 6 heteroatoms. The molecule has 6 nitrogen and oxygen atoms in total. The van der Waals surface area contributed by atoms with E-state index in [-0.39, 0.29) is 18.8 Å². The van der Waals surface area contributed by atoms with E-state index in [1.54, 1.807) is 14.2 Å². The molecule has 0 aliphatic carbocycles. The standard InChI is InChI=1S/C18H16O6/c1-19-14-4-10-12(5-15(14)20-2)21-7-11-9-3-16-17(23-8-22-16)6-13(9)24-18(10)11/h3-6,11,18H,7-8H2,1-2H3/t11-,18-/m0/s1. The lowest BCUT2D eigenvalue weighted by Crippen LogP contribution is -2.23. The second-order valence-corrected chi connectivity index (χ2v) is 5.94. The van der Waals surface area contributed by atoms with Crippen LogP contribution in [0.5, 0.6) is 34.5 Å². The summed E-state index contributed by atoms with van der Waals surface area (Å²) in [6.45, 7) is 0.794. The number of fused-ring (bicyclic) bond motifs is 6. The van der Waals surface area contributed by atoms with Gasteiger partial charge in [-0.2, -0.15) is 0 Å². The van der Waals surface area contributed by atoms with E-state index in [0.29, 0.717) is 18.1 Å². The van der Waals surface area contributed by atoms with E-state index < -0.39 is 0 Å². The third-order valence-electron chi connectivity index (χ3n) is 4.76. The highest BCUT2D eigenvalue weighted by atomic mass is 16.7. The van der Waals surface area contributed by atoms with Gasteiger partial charge in [0, 0.05) is 23.3 Å². The third kappa shape index (κ3) is 1.76. The van der Waals surface area contributed by atoms with E-state index in [1.807, 2.05) is 24.3 Å². The fourth-order valence-electron chi connectivity index (χ4n) is 3.57. The van der Waals surface area contributed by atoms with Gasteiger partial charge in [0.25, 0.3) is 0 Å². The van der Waals surface area contributed by atoms with Crippen LogP contribution in [-0.2, 0) is 0 Å². The fourth-order valence-corrected chi connectivity index (χ4v) is 3.57. The summed E-state index contributed by atoms with van der Waals surface area (Å²) in [7, 11) is 3.23. The normalized spacial score (nSPS) is 21.9. The van der Waals surface area contributed by atoms with Gasteiger partial charge in [-0.1, -0.05) is 0 Å². The molecule has 0 N–H and O–H groups in total. The zero-order valence-corrected chi connectivity index (χ0v) is 13.3. The maximum absolute atomic E-state index is 6.22. The molecule has 0 fully saturated rings. The summed E-state index contributed by atoms with van der Waals surface area (Å²) in [5.74, 6) is 4.49. The van der Waals surface area contributed by atoms with E-state index >= 15 is 0 Å². The molecule has 2 atom stereocenters. The van der Waals surface area contributed by atoms with Crippen LogP contribution < -0.4 is 28.4 Å². The summed E-state index contributed by atoms with van der Waals surface area (Å²) < 4.78 is 33.9. The number of rotatable bonds is 2. The predicted octanol–water partition coefficient (Wildman–Crippen LogP) is 3.04. The summed E-state index contributed by atoms with van der Waals surface area (Å²) in [5, 5.41) is 0. The Bertz CT molecular complexity index is 831. The van der Waals surface area contributed by atoms with Crippen molar-refractivity contribution >= 4 is 0 Å². The molecule has 124 valence electrons. The minimum Gasteiger partial charge on any atom is -0.493 e. The lowest BCUT2D eigenvalue weighted by molar-refractivity contribution is 0.137. The Morgan fingerprint density at radius 1 is 0.792 bits per heavy atom. The van der Waals surface area contributed by atoms with E-state index in [2.05, 4.69) is 0 Å². The van der Waals surface area contributed by atoms with Crippen LogP contribution in [-0.4, -0.2) is 27.6 Å². The van der Waals surface area contributed by atoms with Gasteiger partial charge >= 0.3 is 0 Å². The summed E-state index contributed by atoms with van der Waals surface area (Å²) in [6.07, 6.45) is -0.119. The van der Waals surface area contributed by atoms with Crippen molar-refractivity contribution in [3.8, 4) is 34.5 Å². The molecule has 24 heavy (non-hydrogen) atoms. The van der Waals surface area contributed by atoms with Gasteiger partial charge in [-0.25, -0.2) is 0 Å². The zero-order valence-electron chi connectivity index (χ0n) is 13.3. The second kappa shape index (κ2) is 4.87. The molecule has 2 aromatic rings. The molecule has 0 amide bonds. The average Bonchev–Trinajstić information content (AvgIpc) is 3.21. The smallest absolute Gasteiger partial charge is 0.231 e. The number of benzene rings is 2. The Balaban J connectivity index is 1.59. The predicted molar refractivity (Wildman–Crippen MR) is 83.7 cm³/mol. The molecule has 0 saturated carbocycles. The average molecular weight is 328 g/mol. The quantitative estimate of drug-likeness (QED) is 0.844. The van der Waals surface area contributed by atoms with E-state index in [0.717, 1.165) is 34.1 Å². The van der Waals surface area contributed by atoms with Crippen molar-refractivity contribution in [2.24, 2.45) is 0 Å². The van der Waals surface area contributed by atoms with Crippen LogP contribution in [0.2, 0.25) is 0 Å². The van der Waals surface area contributed by atoms with Crippen LogP contribution in [0.25, 0.3) is 0 Å². The molecule has 3 heterocycles. The van der Waals surface area contributed by atoms with Crippen molar-refractivity contribution in [2.75, 3.05) is 27.6 Å². The van der Waals surface area contributed by atoms with Gasteiger partial charge in [0.15, 0.2) is 23.0 Å². The molecule has 3 aliphatic rings. The Labute approximate surface area is 138 Å². The fraction of sp³-hybridized carbons (Fsp3) is 0.333. The lowest BCUT2D eigenvalue weighted by Gasteiger charge is -2.28. The third-order valence-corrected chi connectivity index (χ3v) is 4.76. The van der Waals surface area contributed by atoms with Crippen LogP contribution >= 0.6 is 0 Å². The Hall–Kier alpha value is -2.76. The van der Waals surface area contributed by atoms with Crippen LogP contribution in [0, 0.1) is 0 Å². The molecule has 2 aromatic carbocycles. The molecular formula is C18H16O6. The summed E-state index contributed by atoms with van der Waals surface area (Å²) in [4.78, 5) is 0. The minimum atomic E-state index is -0.119. The topological polar surface area (TPSA) is 55.4 Å². The monoisotopic (exact) mass is 328 g/mol. The zero-order chi connectivity index (χ0) is 16.3. The van der Waals surface area contributed by atoms with Crippen molar-refractivity contribution in [2.45, 2.75) is 12.0 Å². The van der Waals surface area contributed by atoms with Crippen LogP contribution in [0.4, 0.5) is 0 Å². The first kappa shape index (κ1) is 13.7. The first-order valence-corrected chi connectivity index (χ1v) is 7.77. The van der Waals surface area contributed by atoms with Crippen molar-refractivity contribution in [3.63, 3.8) is 0 Å². The van der Waals surface area contributed by atoms with Crippen LogP contribution in [0.3, 0.4) is 0 Å². The van der Waals surface area contributed by atoms with Crippen molar-refractivity contribution in [1.29, 1.82) is 0 Å². The highest BCUT2D eigenvalue weighted by Crippen LogP contribution is 2.55. The molecule has 0 radical (unpaired) electrons. The molecular weight excluding hydrogens is 312 g/mol. The van der Waals surface area contributed by atoms with Gasteiger partial charge in [-0.15, -0.1) is 0 Å². The van der Waals surface area contributed by atoms with Crippen LogP contribution in [0.15, 0.2) is 24.3 Å². The number of ether oxygens (including phenoxy) is 6. The highest BCUT2D eigenvalue weighted by Gasteiger charge is 2.42. The highest BCUT2D eigenvalue weighted by molar-refractivity contribution is 5.59. The minimum absolute atomic E-state index is 0.111. The SMILES string of the molecule is COc1cc2c(cc1OC)[C@@H]1Oc3cc4c(cc3[C@@H]1CO2)OCO4. The van der Waals surface area contributed by atoms with Crippen LogP contribution in [0.1, 0.15) is 23.1 Å². The Kier molecular flexibility index (Phi) is 2.77. The molecule has 0 spiro atoms. The number of methoxy groups -OCH3 is 2. The first-order chi connectivity index (χ1) is 11.8. The summed E-state index contributed by atoms with van der Waals surface area (Å²) in [5.41, 5.74) is 2.05. The van der Waals surface area contributed by atoms with E-state index in [1.165, 1.54) is 0 Å². The molecule has 0 saturated heterocycles. The molecule has 0 unspecified atom stereocenters. The number of hydrogen-bond donors (Lipinski definition) is 0. The molecule has 0 bridgehead atoms. The van der Waals surface area contributed by atoms with Gasteiger partial charge in [0.05, 0.1) is 26.7 Å². The van der Waals surface area contributed by atoms with Gasteiger partial charge < -0.3 is 28.4 Å². The Morgan fingerprint density at radius 2 is 1.54 bits per heavy atom. The second-order valence-electron chi connectivity index (χ2n) is 5.94. The van der Waals surface area contributed by atoms with Gasteiger partial charge in [-0.3, -0.25) is 0 Å². The van der Waals surface area contributed by atoms with E-state index in [4.69, 9.17) is 28.4 Å². The van der Waals surface area contributed by atoms with Crippen molar-refractivity contribution < 1.29 is 28.4 Å². The Morgan fingerprint density at radius 3 is 2.33 bits per heavy atom. The number of hydrogen-bond acceptors (Lipinski definition) is 6. The molecule has 0 aromatic heterocycles. The van der Waals surface area contributed by atoms with Gasteiger partial charge in [0.2, 0.25) is 6.79 Å². The maximum Gasteiger partial charge on any atom is 0.231 e. The summed E-state index contributed by atoms with van der Waals surface area (Å²) in [6, 6.07) is 7.67. The maximum atomic E-state index is 6.22. The van der Waals surface area contributed by atoms with Gasteiger partial charge in [-0.05, 0) is 12.1 Å². The largest absolute Gasteiger partial charge is 0.493 e. The van der Waals surface area contributed by atoms with E-state index in [9.17, 15) is 0 Å². The molecule has 5 rings (SSSR count). The van der Waals surface area contributed by atoms with Crippen molar-refractivity contribution in [1.82, 2.24) is 0 Å². The first-order valence-electron chi connectivity index (χ1n) is 7.77. The molecule has 3 aliphatic heterocycles. The van der Waals surface area contributed by atoms with Crippen molar-refractivity contribution in [3.05, 3.63) is 35.4 Å².